The summed E-state index contributed by atoms with van der Waals surface area (Å²) >= 11 is 0. The molecule has 120 valence electrons. The Morgan fingerprint density at radius 2 is 2.09 bits per heavy atom. The maximum Gasteiger partial charge on any atom is 0.418 e. The molecule has 2 aliphatic rings. The minimum atomic E-state index is -4.48. The summed E-state index contributed by atoms with van der Waals surface area (Å²) in [4.78, 5) is 1.52. The maximum absolute atomic E-state index is 13.3. The first kappa shape index (κ1) is 15.1. The Labute approximate surface area is 125 Å². The van der Waals surface area contributed by atoms with Crippen molar-refractivity contribution < 1.29 is 23.0 Å². The molecule has 0 aromatic heterocycles. The first-order valence-corrected chi connectivity index (χ1v) is 6.82. The second-order valence-corrected chi connectivity index (χ2v) is 5.79. The molecule has 0 amide bonds. The highest BCUT2D eigenvalue weighted by Gasteiger charge is 2.42. The summed E-state index contributed by atoms with van der Waals surface area (Å²) < 4.78 is 45.1. The third-order valence-electron chi connectivity index (χ3n) is 3.66. The number of hydrogen-bond acceptors (Lipinski definition) is 5. The number of halogens is 3. The van der Waals surface area contributed by atoms with Gasteiger partial charge in [0.2, 0.25) is 0 Å². The van der Waals surface area contributed by atoms with Crippen LogP contribution in [0.2, 0.25) is 0 Å². The van der Waals surface area contributed by atoms with Crippen LogP contribution >= 0.6 is 0 Å². The third kappa shape index (κ3) is 2.89. The normalized spacial score (nSPS) is 21.0. The predicted octanol–water partition coefficient (Wildman–Crippen LogP) is 1.56. The van der Waals surface area contributed by atoms with E-state index in [4.69, 9.17) is 4.74 Å². The van der Waals surface area contributed by atoms with E-state index in [0.717, 1.165) is 6.07 Å². The Bertz CT molecular complexity index is 606. The molecule has 0 aliphatic carbocycles. The number of rotatable bonds is 2. The van der Waals surface area contributed by atoms with Crippen LogP contribution in [0.3, 0.4) is 0 Å². The number of nitrogens with zero attached hydrogens (tertiary/aromatic N) is 2. The van der Waals surface area contributed by atoms with Crippen molar-refractivity contribution in [1.29, 1.82) is 0 Å². The van der Waals surface area contributed by atoms with Gasteiger partial charge in [-0.25, -0.2) is 0 Å². The van der Waals surface area contributed by atoms with E-state index in [1.807, 2.05) is 0 Å². The van der Waals surface area contributed by atoms with Crippen LogP contribution in [-0.4, -0.2) is 42.8 Å². The molecule has 1 aromatic rings. The molecule has 1 aromatic carbocycles. The van der Waals surface area contributed by atoms with Crippen molar-refractivity contribution in [2.45, 2.75) is 18.7 Å². The molecule has 1 saturated heterocycles. The van der Waals surface area contributed by atoms with Gasteiger partial charge in [-0.1, -0.05) is 6.07 Å². The standard InChI is InChI=1S/C14H16F3N3O2/c1-13(21)6-20(7-13)12-3-2-9(4-10(12)14(15,16)17)11-5-22-8-18-19-11/h2-4,18,21H,5-8H2,1H3. The number of benzene rings is 1. The van der Waals surface area contributed by atoms with Gasteiger partial charge in [-0.3, -0.25) is 5.43 Å². The van der Waals surface area contributed by atoms with Crippen LogP contribution in [0.1, 0.15) is 18.1 Å². The lowest BCUT2D eigenvalue weighted by atomic mass is 9.94. The molecule has 2 aliphatic heterocycles. The zero-order chi connectivity index (χ0) is 16.0. The van der Waals surface area contributed by atoms with E-state index in [0.29, 0.717) is 11.3 Å². The lowest BCUT2D eigenvalue weighted by Crippen LogP contribution is -2.60. The molecule has 0 unspecified atom stereocenters. The lowest BCUT2D eigenvalue weighted by Gasteiger charge is -2.46. The Morgan fingerprint density at radius 3 is 2.64 bits per heavy atom. The monoisotopic (exact) mass is 315 g/mol. The van der Waals surface area contributed by atoms with Crippen molar-refractivity contribution in [3.63, 3.8) is 0 Å². The summed E-state index contributed by atoms with van der Waals surface area (Å²) in [5, 5.41) is 13.7. The molecule has 0 bridgehead atoms. The minimum Gasteiger partial charge on any atom is -0.386 e. The molecular formula is C14H16F3N3O2. The maximum atomic E-state index is 13.3. The average molecular weight is 315 g/mol. The topological polar surface area (TPSA) is 57.1 Å². The van der Waals surface area contributed by atoms with E-state index in [1.54, 1.807) is 13.0 Å². The molecule has 0 radical (unpaired) electrons. The zero-order valence-electron chi connectivity index (χ0n) is 11.9. The Morgan fingerprint density at radius 1 is 1.36 bits per heavy atom. The number of aliphatic hydroxyl groups is 1. The molecule has 3 rings (SSSR count). The van der Waals surface area contributed by atoms with Crippen molar-refractivity contribution in [3.05, 3.63) is 29.3 Å². The van der Waals surface area contributed by atoms with Gasteiger partial charge in [-0.15, -0.1) is 0 Å². The van der Waals surface area contributed by atoms with Crippen molar-refractivity contribution in [3.8, 4) is 0 Å². The first-order chi connectivity index (χ1) is 10.3. The van der Waals surface area contributed by atoms with Crippen molar-refractivity contribution in [2.75, 3.05) is 31.3 Å². The SMILES string of the molecule is CC1(O)CN(c2ccc(C3=NNCOC3)cc2C(F)(F)F)C1. The van der Waals surface area contributed by atoms with Gasteiger partial charge in [0.15, 0.2) is 0 Å². The molecule has 5 nitrogen and oxygen atoms in total. The van der Waals surface area contributed by atoms with Crippen molar-refractivity contribution >= 4 is 11.4 Å². The molecule has 2 heterocycles. The van der Waals surface area contributed by atoms with Crippen LogP contribution < -0.4 is 10.3 Å². The van der Waals surface area contributed by atoms with Gasteiger partial charge >= 0.3 is 6.18 Å². The van der Waals surface area contributed by atoms with E-state index in [9.17, 15) is 18.3 Å². The first-order valence-electron chi connectivity index (χ1n) is 6.82. The highest BCUT2D eigenvalue weighted by atomic mass is 19.4. The summed E-state index contributed by atoms with van der Waals surface area (Å²) in [5.41, 5.74) is 1.81. The minimum absolute atomic E-state index is 0.0769. The summed E-state index contributed by atoms with van der Waals surface area (Å²) in [7, 11) is 0. The molecule has 0 saturated carbocycles. The number of alkyl halides is 3. The number of anilines is 1. The van der Waals surface area contributed by atoms with Crippen LogP contribution in [0.15, 0.2) is 23.3 Å². The van der Waals surface area contributed by atoms with Crippen LogP contribution in [0, 0.1) is 0 Å². The molecule has 0 spiro atoms. The Kier molecular flexibility index (Phi) is 3.53. The number of hydrazone groups is 1. The van der Waals surface area contributed by atoms with Gasteiger partial charge in [0.25, 0.3) is 0 Å². The molecule has 2 N–H and O–H groups in total. The van der Waals surface area contributed by atoms with Gasteiger partial charge in [0.1, 0.15) is 6.73 Å². The van der Waals surface area contributed by atoms with E-state index in [2.05, 4.69) is 10.5 Å². The predicted molar refractivity (Wildman–Crippen MR) is 74.8 cm³/mol. The van der Waals surface area contributed by atoms with E-state index < -0.39 is 17.3 Å². The molecule has 1 fully saturated rings. The fourth-order valence-electron chi connectivity index (χ4n) is 2.67. The fourth-order valence-corrected chi connectivity index (χ4v) is 2.67. The average Bonchev–Trinajstić information content (AvgIpc) is 2.44. The number of β-amino-alcohol motifs (C(OH)–C–C–N with tert-alkyl or cyclic N) is 1. The second kappa shape index (κ2) is 5.13. The van der Waals surface area contributed by atoms with Crippen LogP contribution in [0.5, 0.6) is 0 Å². The van der Waals surface area contributed by atoms with Crippen molar-refractivity contribution in [2.24, 2.45) is 5.10 Å². The number of ether oxygens (including phenoxy) is 1. The van der Waals surface area contributed by atoms with Gasteiger partial charge in [-0.05, 0) is 19.1 Å². The van der Waals surface area contributed by atoms with Gasteiger partial charge < -0.3 is 14.7 Å². The second-order valence-electron chi connectivity index (χ2n) is 5.79. The van der Waals surface area contributed by atoms with E-state index >= 15 is 0 Å². The van der Waals surface area contributed by atoms with Gasteiger partial charge in [0.05, 0.1) is 23.5 Å². The summed E-state index contributed by atoms with van der Waals surface area (Å²) in [6.45, 7) is 2.38. The van der Waals surface area contributed by atoms with E-state index in [1.165, 1.54) is 11.0 Å². The highest BCUT2D eigenvalue weighted by Crippen LogP contribution is 2.40. The quantitative estimate of drug-likeness (QED) is 0.870. The lowest BCUT2D eigenvalue weighted by molar-refractivity contribution is -0.137. The molecular weight excluding hydrogens is 299 g/mol. The largest absolute Gasteiger partial charge is 0.418 e. The van der Waals surface area contributed by atoms with Crippen LogP contribution in [0.4, 0.5) is 18.9 Å². The molecule has 22 heavy (non-hydrogen) atoms. The Hall–Kier alpha value is -1.80. The summed E-state index contributed by atoms with van der Waals surface area (Å²) in [6, 6.07) is 4.09. The molecule has 8 heteroatoms. The van der Waals surface area contributed by atoms with Crippen LogP contribution in [0.25, 0.3) is 0 Å². The Balaban J connectivity index is 1.96. The fraction of sp³-hybridized carbons (Fsp3) is 0.500. The zero-order valence-corrected chi connectivity index (χ0v) is 11.9. The summed E-state index contributed by atoms with van der Waals surface area (Å²) in [6.07, 6.45) is -4.48. The van der Waals surface area contributed by atoms with Gasteiger partial charge in [0, 0.05) is 24.3 Å². The number of hydrogen-bond donors (Lipinski definition) is 2. The molecule has 0 atom stereocenters. The summed E-state index contributed by atoms with van der Waals surface area (Å²) in [5.74, 6) is 0. The van der Waals surface area contributed by atoms with Gasteiger partial charge in [-0.2, -0.15) is 18.3 Å². The third-order valence-corrected chi connectivity index (χ3v) is 3.66. The number of nitrogens with one attached hydrogen (secondary N) is 1. The highest BCUT2D eigenvalue weighted by molar-refractivity contribution is 6.02. The smallest absolute Gasteiger partial charge is 0.386 e. The van der Waals surface area contributed by atoms with Crippen LogP contribution in [-0.2, 0) is 10.9 Å². The van der Waals surface area contributed by atoms with Crippen molar-refractivity contribution in [1.82, 2.24) is 5.43 Å². The van der Waals surface area contributed by atoms with E-state index in [-0.39, 0.29) is 32.1 Å².